The van der Waals surface area contributed by atoms with E-state index >= 15 is 0 Å². The average Bonchev–Trinajstić information content (AvgIpc) is 3.52. The van der Waals surface area contributed by atoms with Crippen LogP contribution in [0.4, 0.5) is 18.9 Å². The Morgan fingerprint density at radius 2 is 1.89 bits per heavy atom. The molecule has 2 aromatic rings. The Morgan fingerprint density at radius 3 is 2.39 bits per heavy atom. The van der Waals surface area contributed by atoms with E-state index in [1.54, 1.807) is 24.1 Å². The van der Waals surface area contributed by atoms with Crippen LogP contribution in [0.15, 0.2) is 42.6 Å². The van der Waals surface area contributed by atoms with Gasteiger partial charge in [-0.15, -0.1) is 0 Å². The van der Waals surface area contributed by atoms with E-state index in [4.69, 9.17) is 4.74 Å². The number of alkyl halides is 3. The lowest BCUT2D eigenvalue weighted by atomic mass is 10.1. The van der Waals surface area contributed by atoms with Crippen LogP contribution in [0.25, 0.3) is 0 Å². The Balaban J connectivity index is 1.80. The van der Waals surface area contributed by atoms with Crippen LogP contribution in [0.5, 0.6) is 11.6 Å². The fraction of sp³-hybridized carbons (Fsp3) is 0.400. The lowest BCUT2D eigenvalue weighted by molar-refractivity contribution is -0.154. The zero-order valence-electron chi connectivity index (χ0n) is 15.6. The largest absolute Gasteiger partial charge is 0.497 e. The summed E-state index contributed by atoms with van der Waals surface area (Å²) in [7, 11) is 1.57. The summed E-state index contributed by atoms with van der Waals surface area (Å²) in [5.41, 5.74) is 1.00. The van der Waals surface area contributed by atoms with E-state index in [-0.39, 0.29) is 23.4 Å². The molecule has 1 aromatic heterocycles. The van der Waals surface area contributed by atoms with Crippen LogP contribution in [-0.2, 0) is 0 Å². The number of halogens is 3. The highest BCUT2D eigenvalue weighted by molar-refractivity contribution is 6.06. The zero-order chi connectivity index (χ0) is 20.3. The van der Waals surface area contributed by atoms with E-state index in [0.29, 0.717) is 11.7 Å². The van der Waals surface area contributed by atoms with Crippen molar-refractivity contribution >= 4 is 11.6 Å². The van der Waals surface area contributed by atoms with E-state index in [9.17, 15) is 18.0 Å². The van der Waals surface area contributed by atoms with Crippen molar-refractivity contribution in [2.24, 2.45) is 5.92 Å². The van der Waals surface area contributed by atoms with Crippen LogP contribution in [0.1, 0.15) is 30.1 Å². The molecule has 0 spiro atoms. The second kappa shape index (κ2) is 8.08. The number of methoxy groups -OCH3 is 1. The topological polar surface area (TPSA) is 51.7 Å². The van der Waals surface area contributed by atoms with Crippen molar-refractivity contribution in [2.75, 3.05) is 18.6 Å². The van der Waals surface area contributed by atoms with Crippen LogP contribution < -0.4 is 14.4 Å². The molecule has 1 aromatic carbocycles. The van der Waals surface area contributed by atoms with Crippen molar-refractivity contribution < 1.29 is 27.4 Å². The quantitative estimate of drug-likeness (QED) is 0.695. The number of hydrogen-bond acceptors (Lipinski definition) is 4. The molecule has 150 valence electrons. The maximum absolute atomic E-state index is 13.1. The SMILES string of the molecule is COc1ccc(N(C(=O)c2ccc(OCC(F)(F)F)nc2)[C@H](C)C2CC2)cc1. The van der Waals surface area contributed by atoms with Crippen molar-refractivity contribution in [1.29, 1.82) is 0 Å². The van der Waals surface area contributed by atoms with Gasteiger partial charge in [0.05, 0.1) is 12.7 Å². The van der Waals surface area contributed by atoms with Gasteiger partial charge in [0.15, 0.2) is 6.61 Å². The van der Waals surface area contributed by atoms with Crippen molar-refractivity contribution in [3.8, 4) is 11.6 Å². The summed E-state index contributed by atoms with van der Waals surface area (Å²) in [6, 6.07) is 9.86. The first-order valence-electron chi connectivity index (χ1n) is 8.91. The minimum absolute atomic E-state index is 0.0120. The third-order valence-corrected chi connectivity index (χ3v) is 4.65. The smallest absolute Gasteiger partial charge is 0.422 e. The molecule has 1 aliphatic carbocycles. The molecular weight excluding hydrogens is 373 g/mol. The molecule has 1 atom stereocenters. The third kappa shape index (κ3) is 4.94. The van der Waals surface area contributed by atoms with Gasteiger partial charge in [-0.05, 0) is 56.0 Å². The molecule has 8 heteroatoms. The van der Waals surface area contributed by atoms with Gasteiger partial charge in [0.2, 0.25) is 5.88 Å². The lowest BCUT2D eigenvalue weighted by Gasteiger charge is -2.29. The molecule has 0 bridgehead atoms. The first-order valence-corrected chi connectivity index (χ1v) is 8.91. The summed E-state index contributed by atoms with van der Waals surface area (Å²) in [6.45, 7) is 0.567. The number of carbonyl (C=O) groups is 1. The minimum atomic E-state index is -4.44. The summed E-state index contributed by atoms with van der Waals surface area (Å²) in [6.07, 6.45) is -1.08. The number of pyridine rings is 1. The van der Waals surface area contributed by atoms with Crippen LogP contribution in [-0.4, -0.2) is 36.8 Å². The molecule has 28 heavy (non-hydrogen) atoms. The monoisotopic (exact) mass is 394 g/mol. The van der Waals surface area contributed by atoms with Gasteiger partial charge < -0.3 is 14.4 Å². The molecule has 0 N–H and O–H groups in total. The van der Waals surface area contributed by atoms with Crippen molar-refractivity contribution in [3.05, 3.63) is 48.2 Å². The summed E-state index contributed by atoms with van der Waals surface area (Å²) in [4.78, 5) is 18.7. The maximum Gasteiger partial charge on any atom is 0.422 e. The number of amides is 1. The van der Waals surface area contributed by atoms with E-state index in [0.717, 1.165) is 18.5 Å². The third-order valence-electron chi connectivity index (χ3n) is 4.65. The Labute approximate surface area is 161 Å². The summed E-state index contributed by atoms with van der Waals surface area (Å²) < 4.78 is 46.5. The average molecular weight is 394 g/mol. The summed E-state index contributed by atoms with van der Waals surface area (Å²) in [5, 5.41) is 0. The molecule has 5 nitrogen and oxygen atoms in total. The molecule has 0 saturated heterocycles. The second-order valence-corrected chi connectivity index (χ2v) is 6.74. The highest BCUT2D eigenvalue weighted by Gasteiger charge is 2.35. The molecule has 0 unspecified atom stereocenters. The number of rotatable bonds is 7. The normalized spacial score (nSPS) is 15.0. The Kier molecular flexibility index (Phi) is 5.76. The fourth-order valence-corrected chi connectivity index (χ4v) is 2.96. The molecule has 1 heterocycles. The number of ether oxygens (including phenoxy) is 2. The van der Waals surface area contributed by atoms with E-state index in [1.165, 1.54) is 18.3 Å². The van der Waals surface area contributed by atoms with Crippen LogP contribution in [0, 0.1) is 5.92 Å². The van der Waals surface area contributed by atoms with Crippen LogP contribution in [0.2, 0.25) is 0 Å². The highest BCUT2D eigenvalue weighted by Crippen LogP contribution is 2.38. The number of aromatic nitrogens is 1. The zero-order valence-corrected chi connectivity index (χ0v) is 15.6. The number of carbonyl (C=O) groups excluding carboxylic acids is 1. The maximum atomic E-state index is 13.1. The predicted molar refractivity (Wildman–Crippen MR) is 97.8 cm³/mol. The number of benzene rings is 1. The Hall–Kier alpha value is -2.77. The molecule has 0 radical (unpaired) electrons. The predicted octanol–water partition coefficient (Wildman–Crippen LogP) is 4.48. The van der Waals surface area contributed by atoms with Crippen molar-refractivity contribution in [1.82, 2.24) is 4.98 Å². The van der Waals surface area contributed by atoms with Gasteiger partial charge in [-0.3, -0.25) is 4.79 Å². The fourth-order valence-electron chi connectivity index (χ4n) is 2.96. The van der Waals surface area contributed by atoms with E-state index in [2.05, 4.69) is 9.72 Å². The Bertz CT molecular complexity index is 803. The summed E-state index contributed by atoms with van der Waals surface area (Å²) >= 11 is 0. The lowest BCUT2D eigenvalue weighted by Crippen LogP contribution is -2.40. The molecule has 1 aliphatic rings. The number of hydrogen-bond donors (Lipinski definition) is 0. The van der Waals surface area contributed by atoms with Gasteiger partial charge in [0, 0.05) is 24.0 Å². The summed E-state index contributed by atoms with van der Waals surface area (Å²) in [5.74, 6) is 0.663. The van der Waals surface area contributed by atoms with E-state index in [1.807, 2.05) is 19.1 Å². The first-order chi connectivity index (χ1) is 13.3. The molecule has 1 saturated carbocycles. The van der Waals surface area contributed by atoms with Gasteiger partial charge in [0.25, 0.3) is 5.91 Å². The minimum Gasteiger partial charge on any atom is -0.497 e. The molecular formula is C20H21F3N2O3. The Morgan fingerprint density at radius 1 is 1.21 bits per heavy atom. The van der Waals surface area contributed by atoms with Gasteiger partial charge in [-0.25, -0.2) is 4.98 Å². The van der Waals surface area contributed by atoms with Gasteiger partial charge in [-0.2, -0.15) is 13.2 Å². The molecule has 1 amide bonds. The van der Waals surface area contributed by atoms with Gasteiger partial charge in [0.1, 0.15) is 5.75 Å². The van der Waals surface area contributed by atoms with Gasteiger partial charge >= 0.3 is 6.18 Å². The van der Waals surface area contributed by atoms with Crippen molar-refractivity contribution in [3.63, 3.8) is 0 Å². The molecule has 0 aliphatic heterocycles. The van der Waals surface area contributed by atoms with E-state index < -0.39 is 12.8 Å². The molecule has 1 fully saturated rings. The van der Waals surface area contributed by atoms with Crippen molar-refractivity contribution in [2.45, 2.75) is 32.0 Å². The highest BCUT2D eigenvalue weighted by atomic mass is 19.4. The standard InChI is InChI=1S/C20H21F3N2O3/c1-13(14-3-4-14)25(16-6-8-17(27-2)9-7-16)19(26)15-5-10-18(24-11-15)28-12-20(21,22)23/h5-11,13-14H,3-4,12H2,1-2H3/t13-/m1/s1. The van der Waals surface area contributed by atoms with Crippen LogP contribution >= 0.6 is 0 Å². The molecule has 3 rings (SSSR count). The second-order valence-electron chi connectivity index (χ2n) is 6.74. The van der Waals surface area contributed by atoms with Crippen LogP contribution in [0.3, 0.4) is 0 Å². The number of nitrogens with zero attached hydrogens (tertiary/aromatic N) is 2. The van der Waals surface area contributed by atoms with Gasteiger partial charge in [-0.1, -0.05) is 0 Å². The first kappa shape index (κ1) is 20.0. The number of anilines is 1.